The molecule has 1 N–H and O–H groups in total. The summed E-state index contributed by atoms with van der Waals surface area (Å²) < 4.78 is 22.8. The summed E-state index contributed by atoms with van der Waals surface area (Å²) in [6.07, 6.45) is 2.89. The molecule has 19 heavy (non-hydrogen) atoms. The summed E-state index contributed by atoms with van der Waals surface area (Å²) >= 11 is 0. The van der Waals surface area contributed by atoms with Crippen LogP contribution in [0.5, 0.6) is 0 Å². The zero-order valence-corrected chi connectivity index (χ0v) is 12.3. The van der Waals surface area contributed by atoms with Gasteiger partial charge in [-0.05, 0) is 37.3 Å². The van der Waals surface area contributed by atoms with Gasteiger partial charge in [0.05, 0.1) is 11.5 Å². The second-order valence-corrected chi connectivity index (χ2v) is 7.70. The van der Waals surface area contributed by atoms with Crippen molar-refractivity contribution >= 4 is 9.84 Å². The lowest BCUT2D eigenvalue weighted by Crippen LogP contribution is -2.35. The lowest BCUT2D eigenvalue weighted by atomic mass is 10.0. The fourth-order valence-corrected chi connectivity index (χ4v) is 4.49. The molecule has 106 valence electrons. The summed E-state index contributed by atoms with van der Waals surface area (Å²) in [4.78, 5) is 0. The van der Waals surface area contributed by atoms with E-state index in [-0.39, 0.29) is 0 Å². The van der Waals surface area contributed by atoms with Crippen LogP contribution in [-0.4, -0.2) is 32.5 Å². The second kappa shape index (κ2) is 6.53. The number of sulfone groups is 1. The molecule has 1 aromatic rings. The Morgan fingerprint density at radius 1 is 1.32 bits per heavy atom. The Balaban J connectivity index is 1.80. The van der Waals surface area contributed by atoms with Gasteiger partial charge in [0.15, 0.2) is 9.84 Å². The molecule has 0 saturated carbocycles. The second-order valence-electron chi connectivity index (χ2n) is 5.47. The summed E-state index contributed by atoms with van der Waals surface area (Å²) in [7, 11) is -2.75. The quantitative estimate of drug-likeness (QED) is 0.868. The average Bonchev–Trinajstić information content (AvgIpc) is 2.75. The van der Waals surface area contributed by atoms with E-state index in [0.717, 1.165) is 25.8 Å². The van der Waals surface area contributed by atoms with Gasteiger partial charge in [-0.2, -0.15) is 0 Å². The van der Waals surface area contributed by atoms with Gasteiger partial charge in [-0.3, -0.25) is 0 Å². The van der Waals surface area contributed by atoms with E-state index in [2.05, 4.69) is 36.5 Å². The Labute approximate surface area is 116 Å². The van der Waals surface area contributed by atoms with Crippen molar-refractivity contribution in [2.45, 2.75) is 32.2 Å². The first kappa shape index (κ1) is 14.5. The molecule has 0 bridgehead atoms. The van der Waals surface area contributed by atoms with Crippen LogP contribution < -0.4 is 5.32 Å². The first-order valence-corrected chi connectivity index (χ1v) is 8.89. The van der Waals surface area contributed by atoms with Gasteiger partial charge < -0.3 is 5.32 Å². The maximum Gasteiger partial charge on any atom is 0.150 e. The van der Waals surface area contributed by atoms with Crippen LogP contribution >= 0.6 is 0 Å². The van der Waals surface area contributed by atoms with Crippen LogP contribution in [-0.2, 0) is 16.3 Å². The van der Waals surface area contributed by atoms with Crippen molar-refractivity contribution in [2.75, 3.05) is 18.1 Å². The van der Waals surface area contributed by atoms with Gasteiger partial charge in [0.1, 0.15) is 0 Å². The average molecular weight is 281 g/mol. The Kier molecular flexibility index (Phi) is 4.99. The van der Waals surface area contributed by atoms with Crippen molar-refractivity contribution in [1.82, 2.24) is 5.32 Å². The van der Waals surface area contributed by atoms with Crippen LogP contribution in [0.4, 0.5) is 0 Å². The Bertz CT molecular complexity index is 484. The summed E-state index contributed by atoms with van der Waals surface area (Å²) in [5.41, 5.74) is 1.33. The Hall–Kier alpha value is -0.870. The van der Waals surface area contributed by atoms with Crippen molar-refractivity contribution in [1.29, 1.82) is 0 Å². The van der Waals surface area contributed by atoms with E-state index in [1.54, 1.807) is 0 Å². The highest BCUT2D eigenvalue weighted by Gasteiger charge is 2.27. The molecule has 0 spiro atoms. The van der Waals surface area contributed by atoms with E-state index in [4.69, 9.17) is 0 Å². The van der Waals surface area contributed by atoms with E-state index in [9.17, 15) is 8.42 Å². The number of nitrogens with one attached hydrogen (secondary N) is 1. The van der Waals surface area contributed by atoms with Gasteiger partial charge in [0, 0.05) is 6.04 Å². The minimum atomic E-state index is -2.75. The van der Waals surface area contributed by atoms with Crippen molar-refractivity contribution in [3.05, 3.63) is 35.9 Å². The molecule has 2 rings (SSSR count). The summed E-state index contributed by atoms with van der Waals surface area (Å²) in [6, 6.07) is 10.9. The molecular formula is C15H23NO2S. The minimum Gasteiger partial charge on any atom is -0.313 e. The topological polar surface area (TPSA) is 46.2 Å². The van der Waals surface area contributed by atoms with E-state index < -0.39 is 9.84 Å². The van der Waals surface area contributed by atoms with Crippen LogP contribution in [0.15, 0.2) is 30.3 Å². The Morgan fingerprint density at radius 3 is 2.63 bits per heavy atom. The monoisotopic (exact) mass is 281 g/mol. The highest BCUT2D eigenvalue weighted by Crippen LogP contribution is 2.18. The standard InChI is InChI=1S/C15H23NO2S/c1-2-15(10-13-6-4-3-5-7-13)16-11-14-8-9-19(17,18)12-14/h3-7,14-16H,2,8-12H2,1H3. The molecule has 1 heterocycles. The summed E-state index contributed by atoms with van der Waals surface area (Å²) in [5.74, 6) is 1.03. The van der Waals surface area contributed by atoms with Gasteiger partial charge in [0.25, 0.3) is 0 Å². The van der Waals surface area contributed by atoms with Gasteiger partial charge in [0.2, 0.25) is 0 Å². The molecule has 2 atom stereocenters. The van der Waals surface area contributed by atoms with E-state index >= 15 is 0 Å². The van der Waals surface area contributed by atoms with Crippen LogP contribution in [0.25, 0.3) is 0 Å². The highest BCUT2D eigenvalue weighted by molar-refractivity contribution is 7.91. The molecule has 1 aliphatic heterocycles. The fourth-order valence-electron chi connectivity index (χ4n) is 2.63. The third kappa shape index (κ3) is 4.62. The Morgan fingerprint density at radius 2 is 2.05 bits per heavy atom. The first-order valence-electron chi connectivity index (χ1n) is 7.07. The zero-order valence-electron chi connectivity index (χ0n) is 11.5. The van der Waals surface area contributed by atoms with E-state index in [1.165, 1.54) is 5.56 Å². The van der Waals surface area contributed by atoms with Gasteiger partial charge in [-0.15, -0.1) is 0 Å². The predicted molar refractivity (Wildman–Crippen MR) is 79.0 cm³/mol. The normalized spacial score (nSPS) is 23.3. The van der Waals surface area contributed by atoms with Crippen molar-refractivity contribution in [3.8, 4) is 0 Å². The molecule has 1 aliphatic rings. The third-order valence-electron chi connectivity index (χ3n) is 3.84. The van der Waals surface area contributed by atoms with Crippen molar-refractivity contribution in [3.63, 3.8) is 0 Å². The number of rotatable bonds is 6. The molecule has 0 aromatic heterocycles. The SMILES string of the molecule is CCC(Cc1ccccc1)NCC1CCS(=O)(=O)C1. The molecule has 0 amide bonds. The number of hydrogen-bond acceptors (Lipinski definition) is 3. The molecule has 1 aromatic carbocycles. The minimum absolute atomic E-state index is 0.301. The third-order valence-corrected chi connectivity index (χ3v) is 5.68. The highest BCUT2D eigenvalue weighted by atomic mass is 32.2. The fraction of sp³-hybridized carbons (Fsp3) is 0.600. The molecule has 4 heteroatoms. The van der Waals surface area contributed by atoms with Crippen LogP contribution in [0.2, 0.25) is 0 Å². The lowest BCUT2D eigenvalue weighted by molar-refractivity contribution is 0.437. The molecule has 0 aliphatic carbocycles. The molecule has 3 nitrogen and oxygen atoms in total. The van der Waals surface area contributed by atoms with Crippen LogP contribution in [0, 0.1) is 5.92 Å². The molecule has 2 unspecified atom stereocenters. The molecule has 0 radical (unpaired) electrons. The summed E-state index contributed by atoms with van der Waals surface area (Å²) in [6.45, 7) is 3.00. The zero-order chi connectivity index (χ0) is 13.7. The van der Waals surface area contributed by atoms with Gasteiger partial charge >= 0.3 is 0 Å². The van der Waals surface area contributed by atoms with Crippen molar-refractivity contribution < 1.29 is 8.42 Å². The van der Waals surface area contributed by atoms with E-state index in [1.807, 2.05) is 6.07 Å². The van der Waals surface area contributed by atoms with Gasteiger partial charge in [-0.1, -0.05) is 37.3 Å². The molecule has 1 fully saturated rings. The first-order chi connectivity index (χ1) is 9.09. The van der Waals surface area contributed by atoms with Crippen molar-refractivity contribution in [2.24, 2.45) is 5.92 Å². The molecular weight excluding hydrogens is 258 g/mol. The maximum absolute atomic E-state index is 11.4. The van der Waals surface area contributed by atoms with Crippen LogP contribution in [0.1, 0.15) is 25.3 Å². The van der Waals surface area contributed by atoms with Crippen LogP contribution in [0.3, 0.4) is 0 Å². The number of benzene rings is 1. The summed E-state index contributed by atoms with van der Waals surface area (Å²) in [5, 5.41) is 3.53. The predicted octanol–water partition coefficient (Wildman–Crippen LogP) is 2.03. The van der Waals surface area contributed by atoms with E-state index in [0.29, 0.717) is 23.5 Å². The smallest absolute Gasteiger partial charge is 0.150 e. The molecule has 1 saturated heterocycles. The lowest BCUT2D eigenvalue weighted by Gasteiger charge is -2.19. The largest absolute Gasteiger partial charge is 0.313 e. The number of hydrogen-bond donors (Lipinski definition) is 1. The maximum atomic E-state index is 11.4. The van der Waals surface area contributed by atoms with Gasteiger partial charge in [-0.25, -0.2) is 8.42 Å².